The molecule has 0 amide bonds. The molecule has 1 aromatic heterocycles. The quantitative estimate of drug-likeness (QED) is 0.575. The first-order valence-corrected chi connectivity index (χ1v) is 4.22. The first kappa shape index (κ1) is 9.19. The lowest BCUT2D eigenvalue weighted by molar-refractivity contribution is -0.142. The Hall–Kier alpha value is -0.900. The van der Waals surface area contributed by atoms with Crippen molar-refractivity contribution in [2.45, 2.75) is 13.5 Å². The van der Waals surface area contributed by atoms with Crippen molar-refractivity contribution in [3.05, 3.63) is 28.5 Å². The predicted octanol–water partition coefficient (Wildman–Crippen LogP) is 1.91. The highest BCUT2D eigenvalue weighted by molar-refractivity contribution is 9.10. The van der Waals surface area contributed by atoms with Crippen LogP contribution < -0.4 is 0 Å². The number of hydrogen-bond acceptors (Lipinski definition) is 3. The number of esters is 1. The van der Waals surface area contributed by atoms with Crippen LogP contribution in [-0.4, -0.2) is 11.0 Å². The molecule has 0 fully saturated rings. The van der Waals surface area contributed by atoms with Crippen LogP contribution in [-0.2, 0) is 16.1 Å². The van der Waals surface area contributed by atoms with Gasteiger partial charge in [-0.25, -0.2) is 4.98 Å². The zero-order valence-electron chi connectivity index (χ0n) is 6.58. The molecule has 0 spiro atoms. The number of aromatic nitrogens is 1. The second kappa shape index (κ2) is 4.21. The van der Waals surface area contributed by atoms with E-state index < -0.39 is 0 Å². The molecule has 0 N–H and O–H groups in total. The van der Waals surface area contributed by atoms with Gasteiger partial charge in [-0.2, -0.15) is 0 Å². The lowest BCUT2D eigenvalue weighted by Gasteiger charge is -2.02. The SMILES string of the molecule is CC(=O)OCc1cccnc1Br. The molecule has 0 radical (unpaired) electrons. The number of ether oxygens (including phenoxy) is 1. The molecule has 1 aromatic rings. The molecule has 0 aliphatic carbocycles. The zero-order valence-corrected chi connectivity index (χ0v) is 8.17. The van der Waals surface area contributed by atoms with Crippen molar-refractivity contribution < 1.29 is 9.53 Å². The van der Waals surface area contributed by atoms with Gasteiger partial charge >= 0.3 is 5.97 Å². The Labute approximate surface area is 78.9 Å². The Kier molecular flexibility index (Phi) is 3.22. The molecule has 1 rings (SSSR count). The second-order valence-electron chi connectivity index (χ2n) is 2.23. The summed E-state index contributed by atoms with van der Waals surface area (Å²) in [6, 6.07) is 3.64. The van der Waals surface area contributed by atoms with Crippen molar-refractivity contribution in [2.75, 3.05) is 0 Å². The largest absolute Gasteiger partial charge is 0.461 e. The molecule has 0 aliphatic heterocycles. The molecular formula is C8H8BrNO2. The summed E-state index contributed by atoms with van der Waals surface area (Å²) in [6.07, 6.45) is 1.67. The first-order chi connectivity index (χ1) is 5.70. The van der Waals surface area contributed by atoms with Gasteiger partial charge < -0.3 is 4.74 Å². The molecule has 12 heavy (non-hydrogen) atoms. The molecule has 0 saturated heterocycles. The number of rotatable bonds is 2. The van der Waals surface area contributed by atoms with Gasteiger partial charge in [0.2, 0.25) is 0 Å². The van der Waals surface area contributed by atoms with Gasteiger partial charge in [-0.1, -0.05) is 6.07 Å². The van der Waals surface area contributed by atoms with E-state index in [1.165, 1.54) is 6.92 Å². The van der Waals surface area contributed by atoms with Crippen LogP contribution in [0.4, 0.5) is 0 Å². The van der Waals surface area contributed by atoms with Crippen LogP contribution in [0.2, 0.25) is 0 Å². The number of nitrogens with zero attached hydrogens (tertiary/aromatic N) is 1. The van der Waals surface area contributed by atoms with Crippen molar-refractivity contribution in [3.63, 3.8) is 0 Å². The highest BCUT2D eigenvalue weighted by Gasteiger charge is 2.00. The van der Waals surface area contributed by atoms with E-state index in [0.29, 0.717) is 4.60 Å². The fraction of sp³-hybridized carbons (Fsp3) is 0.250. The van der Waals surface area contributed by atoms with Crippen LogP contribution >= 0.6 is 15.9 Å². The normalized spacial score (nSPS) is 9.50. The fourth-order valence-electron chi connectivity index (χ4n) is 0.706. The smallest absolute Gasteiger partial charge is 0.302 e. The third-order valence-electron chi connectivity index (χ3n) is 1.27. The number of carbonyl (C=O) groups is 1. The first-order valence-electron chi connectivity index (χ1n) is 3.43. The summed E-state index contributed by atoms with van der Waals surface area (Å²) in [4.78, 5) is 14.5. The molecule has 64 valence electrons. The highest BCUT2D eigenvalue weighted by atomic mass is 79.9. The fourth-order valence-corrected chi connectivity index (χ4v) is 1.07. The zero-order chi connectivity index (χ0) is 8.97. The molecule has 1 heterocycles. The standard InChI is InChI=1S/C8H8BrNO2/c1-6(11)12-5-7-3-2-4-10-8(7)9/h2-4H,5H2,1H3. The highest BCUT2D eigenvalue weighted by Crippen LogP contribution is 2.13. The maximum absolute atomic E-state index is 10.5. The number of pyridine rings is 1. The summed E-state index contributed by atoms with van der Waals surface area (Å²) >= 11 is 3.24. The van der Waals surface area contributed by atoms with E-state index in [4.69, 9.17) is 4.74 Å². The van der Waals surface area contributed by atoms with Crippen LogP contribution in [0.5, 0.6) is 0 Å². The van der Waals surface area contributed by atoms with Gasteiger partial charge in [0, 0.05) is 18.7 Å². The summed E-state index contributed by atoms with van der Waals surface area (Å²) in [5, 5.41) is 0. The van der Waals surface area contributed by atoms with E-state index in [9.17, 15) is 4.79 Å². The maximum Gasteiger partial charge on any atom is 0.302 e. The topological polar surface area (TPSA) is 39.2 Å². The minimum absolute atomic E-state index is 0.268. The van der Waals surface area contributed by atoms with Crippen LogP contribution in [0.3, 0.4) is 0 Å². The Balaban J connectivity index is 2.63. The van der Waals surface area contributed by atoms with Gasteiger partial charge in [-0.3, -0.25) is 4.79 Å². The van der Waals surface area contributed by atoms with Crippen molar-refractivity contribution in [3.8, 4) is 0 Å². The summed E-state index contributed by atoms with van der Waals surface area (Å²) in [5.41, 5.74) is 0.868. The van der Waals surface area contributed by atoms with E-state index in [1.807, 2.05) is 6.07 Å². The predicted molar refractivity (Wildman–Crippen MR) is 47.4 cm³/mol. The summed E-state index contributed by atoms with van der Waals surface area (Å²) in [7, 11) is 0. The molecule has 0 atom stereocenters. The average Bonchev–Trinajstić information content (AvgIpc) is 2.03. The minimum atomic E-state index is -0.286. The van der Waals surface area contributed by atoms with E-state index in [2.05, 4.69) is 20.9 Å². The third-order valence-corrected chi connectivity index (χ3v) is 1.98. The van der Waals surface area contributed by atoms with Crippen molar-refractivity contribution in [1.29, 1.82) is 0 Å². The lowest BCUT2D eigenvalue weighted by atomic mass is 10.3. The van der Waals surface area contributed by atoms with E-state index in [0.717, 1.165) is 5.56 Å². The minimum Gasteiger partial charge on any atom is -0.461 e. The summed E-state index contributed by atoms with van der Waals surface area (Å²) in [5.74, 6) is -0.286. The summed E-state index contributed by atoms with van der Waals surface area (Å²) in [6.45, 7) is 1.65. The maximum atomic E-state index is 10.5. The Bertz CT molecular complexity index is 288. The van der Waals surface area contributed by atoms with E-state index >= 15 is 0 Å². The van der Waals surface area contributed by atoms with Crippen LogP contribution in [0, 0.1) is 0 Å². The number of carbonyl (C=O) groups excluding carboxylic acids is 1. The van der Waals surface area contributed by atoms with Gasteiger partial charge in [0.15, 0.2) is 0 Å². The van der Waals surface area contributed by atoms with Gasteiger partial charge in [0.25, 0.3) is 0 Å². The Morgan fingerprint density at radius 3 is 3.08 bits per heavy atom. The molecule has 0 saturated carbocycles. The lowest BCUT2D eigenvalue weighted by Crippen LogP contribution is -1.99. The molecule has 0 bridgehead atoms. The van der Waals surface area contributed by atoms with Crippen LogP contribution in [0.25, 0.3) is 0 Å². The van der Waals surface area contributed by atoms with Gasteiger partial charge in [0.05, 0.1) is 0 Å². The van der Waals surface area contributed by atoms with Gasteiger partial charge in [0.1, 0.15) is 11.2 Å². The molecular weight excluding hydrogens is 222 g/mol. The molecule has 4 heteroatoms. The van der Waals surface area contributed by atoms with Crippen LogP contribution in [0.1, 0.15) is 12.5 Å². The molecule has 0 aromatic carbocycles. The third kappa shape index (κ3) is 2.62. The van der Waals surface area contributed by atoms with Crippen molar-refractivity contribution in [1.82, 2.24) is 4.98 Å². The average molecular weight is 230 g/mol. The van der Waals surface area contributed by atoms with E-state index in [1.54, 1.807) is 12.3 Å². The van der Waals surface area contributed by atoms with Gasteiger partial charge in [-0.15, -0.1) is 0 Å². The Morgan fingerprint density at radius 1 is 1.75 bits per heavy atom. The van der Waals surface area contributed by atoms with Gasteiger partial charge in [-0.05, 0) is 22.0 Å². The second-order valence-corrected chi connectivity index (χ2v) is 2.98. The molecule has 0 aliphatic rings. The van der Waals surface area contributed by atoms with E-state index in [-0.39, 0.29) is 12.6 Å². The number of halogens is 1. The number of hydrogen-bond donors (Lipinski definition) is 0. The Morgan fingerprint density at radius 2 is 2.50 bits per heavy atom. The molecule has 3 nitrogen and oxygen atoms in total. The monoisotopic (exact) mass is 229 g/mol. The van der Waals surface area contributed by atoms with Crippen LogP contribution in [0.15, 0.2) is 22.9 Å². The summed E-state index contributed by atoms with van der Waals surface area (Å²) < 4.78 is 5.51. The molecule has 0 unspecified atom stereocenters. The van der Waals surface area contributed by atoms with Crippen molar-refractivity contribution in [2.24, 2.45) is 0 Å². The van der Waals surface area contributed by atoms with Crippen molar-refractivity contribution >= 4 is 21.9 Å².